The van der Waals surface area contributed by atoms with Gasteiger partial charge in [0.25, 0.3) is 5.91 Å². The molecule has 1 rings (SSSR count). The molecule has 1 aliphatic heterocycles. The lowest BCUT2D eigenvalue weighted by Crippen LogP contribution is -2.51. The highest BCUT2D eigenvalue weighted by Gasteiger charge is 2.31. The molecule has 0 aromatic rings. The molecular formula is C10H14BrNO2. The number of hydrogen-bond donors (Lipinski definition) is 1. The number of halogens is 1. The van der Waals surface area contributed by atoms with Crippen molar-refractivity contribution in [3.05, 3.63) is 0 Å². The van der Waals surface area contributed by atoms with Crippen molar-refractivity contribution >= 4 is 21.8 Å². The van der Waals surface area contributed by atoms with E-state index in [1.807, 2.05) is 0 Å². The van der Waals surface area contributed by atoms with Crippen LogP contribution in [0.15, 0.2) is 0 Å². The molecule has 3 nitrogen and oxygen atoms in total. The van der Waals surface area contributed by atoms with Crippen molar-refractivity contribution in [2.24, 2.45) is 0 Å². The Bertz CT molecular complexity index is 261. The van der Waals surface area contributed by atoms with Crippen LogP contribution in [0.3, 0.4) is 0 Å². The molecule has 1 amide bonds. The van der Waals surface area contributed by atoms with Crippen molar-refractivity contribution < 1.29 is 9.53 Å². The third kappa shape index (κ3) is 3.00. The summed E-state index contributed by atoms with van der Waals surface area (Å²) in [5, 5.41) is 2.96. The van der Waals surface area contributed by atoms with Gasteiger partial charge in [0.15, 0.2) is 0 Å². The van der Waals surface area contributed by atoms with Gasteiger partial charge in [-0.15, -0.1) is 0 Å². The van der Waals surface area contributed by atoms with Crippen molar-refractivity contribution in [2.75, 3.05) is 13.2 Å². The van der Waals surface area contributed by atoms with E-state index in [9.17, 15) is 4.79 Å². The van der Waals surface area contributed by atoms with Crippen LogP contribution in [-0.2, 0) is 9.53 Å². The summed E-state index contributed by atoms with van der Waals surface area (Å²) in [5.41, 5.74) is -0.105. The zero-order valence-corrected chi connectivity index (χ0v) is 9.82. The van der Waals surface area contributed by atoms with E-state index in [1.54, 1.807) is 0 Å². The van der Waals surface area contributed by atoms with Crippen LogP contribution in [0.1, 0.15) is 26.2 Å². The molecule has 1 N–H and O–H groups in total. The topological polar surface area (TPSA) is 38.3 Å². The average Bonchev–Trinajstić information content (AvgIpc) is 2.19. The molecule has 14 heavy (non-hydrogen) atoms. The summed E-state index contributed by atoms with van der Waals surface area (Å²) in [6.07, 6.45) is 2.67. The molecule has 0 aromatic carbocycles. The molecule has 0 aromatic heterocycles. The Labute approximate surface area is 92.7 Å². The van der Waals surface area contributed by atoms with Gasteiger partial charge in [-0.05, 0) is 24.1 Å². The molecule has 0 spiro atoms. The minimum absolute atomic E-state index is 0.105. The molecule has 0 aliphatic carbocycles. The molecule has 1 heterocycles. The van der Waals surface area contributed by atoms with E-state index >= 15 is 0 Å². The largest absolute Gasteiger partial charge is 0.381 e. The number of rotatable bonds is 2. The van der Waals surface area contributed by atoms with Gasteiger partial charge in [-0.3, -0.25) is 4.79 Å². The summed E-state index contributed by atoms with van der Waals surface area (Å²) < 4.78 is 5.27. The van der Waals surface area contributed by atoms with Crippen LogP contribution in [0.2, 0.25) is 0 Å². The van der Waals surface area contributed by atoms with E-state index in [1.165, 1.54) is 0 Å². The van der Waals surface area contributed by atoms with Crippen LogP contribution >= 0.6 is 15.9 Å². The van der Waals surface area contributed by atoms with Crippen LogP contribution in [-0.4, -0.2) is 24.7 Å². The van der Waals surface area contributed by atoms with Crippen LogP contribution < -0.4 is 5.32 Å². The zero-order chi connectivity index (χ0) is 10.4. The van der Waals surface area contributed by atoms with Crippen molar-refractivity contribution in [3.8, 4) is 10.8 Å². The molecule has 0 bridgehead atoms. The lowest BCUT2D eigenvalue weighted by Gasteiger charge is -2.36. The van der Waals surface area contributed by atoms with E-state index in [0.717, 1.165) is 32.5 Å². The maximum atomic E-state index is 11.3. The van der Waals surface area contributed by atoms with Crippen molar-refractivity contribution in [2.45, 2.75) is 31.7 Å². The highest BCUT2D eigenvalue weighted by atomic mass is 79.9. The number of amides is 1. The van der Waals surface area contributed by atoms with Gasteiger partial charge in [0.2, 0.25) is 0 Å². The fourth-order valence-corrected chi connectivity index (χ4v) is 1.82. The maximum Gasteiger partial charge on any atom is 0.297 e. The quantitative estimate of drug-likeness (QED) is 0.762. The Morgan fingerprint density at radius 3 is 2.71 bits per heavy atom. The fourth-order valence-electron chi connectivity index (χ4n) is 1.64. The van der Waals surface area contributed by atoms with Gasteiger partial charge >= 0.3 is 0 Å². The third-order valence-electron chi connectivity index (χ3n) is 2.67. The zero-order valence-electron chi connectivity index (χ0n) is 8.23. The minimum atomic E-state index is -0.217. The Morgan fingerprint density at radius 1 is 1.57 bits per heavy atom. The second kappa shape index (κ2) is 5.38. The van der Waals surface area contributed by atoms with Gasteiger partial charge in [-0.1, -0.05) is 6.92 Å². The molecule has 1 aliphatic rings. The lowest BCUT2D eigenvalue weighted by molar-refractivity contribution is -0.118. The molecule has 1 saturated heterocycles. The predicted octanol–water partition coefficient (Wildman–Crippen LogP) is 1.42. The minimum Gasteiger partial charge on any atom is -0.381 e. The van der Waals surface area contributed by atoms with E-state index in [-0.39, 0.29) is 11.4 Å². The maximum absolute atomic E-state index is 11.3. The normalized spacial score (nSPS) is 19.3. The van der Waals surface area contributed by atoms with Gasteiger partial charge < -0.3 is 10.1 Å². The van der Waals surface area contributed by atoms with Crippen LogP contribution in [0, 0.1) is 10.8 Å². The molecule has 0 unspecified atom stereocenters. The first-order chi connectivity index (χ1) is 6.72. The molecule has 4 heteroatoms. The van der Waals surface area contributed by atoms with Crippen LogP contribution in [0.5, 0.6) is 0 Å². The molecule has 0 radical (unpaired) electrons. The fraction of sp³-hybridized carbons (Fsp3) is 0.700. The summed E-state index contributed by atoms with van der Waals surface area (Å²) >= 11 is 2.91. The second-order valence-electron chi connectivity index (χ2n) is 3.42. The third-order valence-corrected chi connectivity index (χ3v) is 2.86. The highest BCUT2D eigenvalue weighted by molar-refractivity contribution is 9.12. The first-order valence-electron chi connectivity index (χ1n) is 4.74. The SMILES string of the molecule is CCC1(NC(=O)C#CBr)CCOCC1. The first kappa shape index (κ1) is 11.5. The lowest BCUT2D eigenvalue weighted by atomic mass is 9.87. The summed E-state index contributed by atoms with van der Waals surface area (Å²) in [4.78, 5) is 13.7. The van der Waals surface area contributed by atoms with Gasteiger partial charge in [0, 0.05) is 40.6 Å². The average molecular weight is 260 g/mol. The number of hydrogen-bond acceptors (Lipinski definition) is 2. The monoisotopic (exact) mass is 259 g/mol. The number of carbonyl (C=O) groups excluding carboxylic acids is 1. The van der Waals surface area contributed by atoms with Gasteiger partial charge in [0.1, 0.15) is 0 Å². The Balaban J connectivity index is 2.58. The van der Waals surface area contributed by atoms with Gasteiger partial charge in [-0.2, -0.15) is 0 Å². The second-order valence-corrected chi connectivity index (χ2v) is 3.82. The van der Waals surface area contributed by atoms with Crippen molar-refractivity contribution in [1.82, 2.24) is 5.32 Å². The predicted molar refractivity (Wildman–Crippen MR) is 57.9 cm³/mol. The number of nitrogens with one attached hydrogen (secondary N) is 1. The molecule has 0 atom stereocenters. The first-order valence-corrected chi connectivity index (χ1v) is 5.53. The van der Waals surface area contributed by atoms with E-state index in [4.69, 9.17) is 4.74 Å². The Hall–Kier alpha value is -0.530. The van der Waals surface area contributed by atoms with Gasteiger partial charge in [-0.25, -0.2) is 0 Å². The molecule has 78 valence electrons. The summed E-state index contributed by atoms with van der Waals surface area (Å²) in [5.74, 6) is 2.21. The summed E-state index contributed by atoms with van der Waals surface area (Å²) in [6.45, 7) is 3.51. The highest BCUT2D eigenvalue weighted by Crippen LogP contribution is 2.23. The number of ether oxygens (including phenoxy) is 1. The van der Waals surface area contributed by atoms with Gasteiger partial charge in [0.05, 0.1) is 0 Å². The van der Waals surface area contributed by atoms with E-state index in [2.05, 4.69) is 38.9 Å². The summed E-state index contributed by atoms with van der Waals surface area (Å²) in [7, 11) is 0. The molecule has 1 fully saturated rings. The van der Waals surface area contributed by atoms with Crippen LogP contribution in [0.4, 0.5) is 0 Å². The van der Waals surface area contributed by atoms with Crippen molar-refractivity contribution in [3.63, 3.8) is 0 Å². The standard InChI is InChI=1S/C10H14BrNO2/c1-2-10(4-7-14-8-5-10)12-9(13)3-6-11/h2,4-5,7-8H2,1H3,(H,12,13). The molecular weight excluding hydrogens is 246 g/mol. The smallest absolute Gasteiger partial charge is 0.297 e. The van der Waals surface area contributed by atoms with Crippen molar-refractivity contribution in [1.29, 1.82) is 0 Å². The van der Waals surface area contributed by atoms with Crippen LogP contribution in [0.25, 0.3) is 0 Å². The number of carbonyl (C=O) groups is 1. The molecule has 0 saturated carbocycles. The Morgan fingerprint density at radius 2 is 2.21 bits per heavy atom. The summed E-state index contributed by atoms with van der Waals surface area (Å²) in [6, 6.07) is 0. The van der Waals surface area contributed by atoms with E-state index < -0.39 is 0 Å². The Kier molecular flexibility index (Phi) is 4.43. The van der Waals surface area contributed by atoms with E-state index in [0.29, 0.717) is 0 Å².